The molecule has 2 aromatic rings. The lowest BCUT2D eigenvalue weighted by molar-refractivity contribution is 0.100. The summed E-state index contributed by atoms with van der Waals surface area (Å²) >= 11 is 1.37. The smallest absolute Gasteiger partial charge is 0.259 e. The predicted octanol–water partition coefficient (Wildman–Crippen LogP) is 3.34. The first kappa shape index (κ1) is 12.6. The fourth-order valence-electron chi connectivity index (χ4n) is 1.83. The molecule has 3 N–H and O–H groups in total. The van der Waals surface area contributed by atoms with E-state index in [0.29, 0.717) is 4.88 Å². The molecule has 4 heteroatoms. The van der Waals surface area contributed by atoms with Crippen LogP contribution in [0.2, 0.25) is 0 Å². The van der Waals surface area contributed by atoms with E-state index in [9.17, 15) is 9.90 Å². The summed E-state index contributed by atoms with van der Waals surface area (Å²) in [5.41, 5.74) is 7.26. The van der Waals surface area contributed by atoms with Gasteiger partial charge in [0.1, 0.15) is 5.75 Å². The molecular weight excluding hydrogens is 246 g/mol. The van der Waals surface area contributed by atoms with Gasteiger partial charge in [0.05, 0.1) is 4.88 Å². The lowest BCUT2D eigenvalue weighted by Gasteiger charge is -2.02. The highest BCUT2D eigenvalue weighted by atomic mass is 32.1. The van der Waals surface area contributed by atoms with Crippen molar-refractivity contribution < 1.29 is 9.90 Å². The van der Waals surface area contributed by atoms with Crippen molar-refractivity contribution in [2.24, 2.45) is 5.73 Å². The first-order valence-electron chi connectivity index (χ1n) is 5.72. The van der Waals surface area contributed by atoms with Gasteiger partial charge in [0, 0.05) is 4.88 Å². The standard InChI is InChI=1S/C14H15NO2S/c1-8(2)11-7-12(18-13(11)14(15)17)9-4-3-5-10(16)6-9/h3-8,16H,1-2H3,(H2,15,17). The molecule has 0 unspecified atom stereocenters. The van der Waals surface area contributed by atoms with Gasteiger partial charge in [-0.05, 0) is 35.2 Å². The highest BCUT2D eigenvalue weighted by molar-refractivity contribution is 7.17. The van der Waals surface area contributed by atoms with Crippen molar-refractivity contribution in [2.75, 3.05) is 0 Å². The average Bonchev–Trinajstić information content (AvgIpc) is 2.73. The summed E-state index contributed by atoms with van der Waals surface area (Å²) in [6.07, 6.45) is 0. The van der Waals surface area contributed by atoms with Crippen LogP contribution in [-0.4, -0.2) is 11.0 Å². The monoisotopic (exact) mass is 261 g/mol. The van der Waals surface area contributed by atoms with Crippen LogP contribution in [0.15, 0.2) is 30.3 Å². The van der Waals surface area contributed by atoms with Crippen molar-refractivity contribution in [3.8, 4) is 16.2 Å². The van der Waals surface area contributed by atoms with Gasteiger partial charge in [0.25, 0.3) is 5.91 Å². The molecule has 0 radical (unpaired) electrons. The molecule has 1 aromatic carbocycles. The minimum atomic E-state index is -0.393. The Morgan fingerprint density at radius 3 is 2.56 bits per heavy atom. The first-order valence-corrected chi connectivity index (χ1v) is 6.53. The third-order valence-electron chi connectivity index (χ3n) is 2.74. The lowest BCUT2D eigenvalue weighted by Crippen LogP contribution is -2.11. The summed E-state index contributed by atoms with van der Waals surface area (Å²) in [5.74, 6) is 0.0672. The topological polar surface area (TPSA) is 63.3 Å². The fourth-order valence-corrected chi connectivity index (χ4v) is 2.99. The van der Waals surface area contributed by atoms with E-state index in [4.69, 9.17) is 5.73 Å². The van der Waals surface area contributed by atoms with E-state index < -0.39 is 5.91 Å². The van der Waals surface area contributed by atoms with Crippen LogP contribution in [0, 0.1) is 0 Å². The number of hydrogen-bond acceptors (Lipinski definition) is 3. The second-order valence-electron chi connectivity index (χ2n) is 4.46. The molecule has 2 rings (SSSR count). The predicted molar refractivity (Wildman–Crippen MR) is 74.0 cm³/mol. The van der Waals surface area contributed by atoms with Crippen molar-refractivity contribution in [2.45, 2.75) is 19.8 Å². The van der Waals surface area contributed by atoms with E-state index in [1.54, 1.807) is 18.2 Å². The summed E-state index contributed by atoms with van der Waals surface area (Å²) in [6.45, 7) is 4.06. The summed E-state index contributed by atoms with van der Waals surface area (Å²) in [6, 6.07) is 8.96. The number of carbonyl (C=O) groups is 1. The SMILES string of the molecule is CC(C)c1cc(-c2cccc(O)c2)sc1C(N)=O. The number of thiophene rings is 1. The molecule has 0 aliphatic heterocycles. The van der Waals surface area contributed by atoms with Crippen LogP contribution in [0.3, 0.4) is 0 Å². The van der Waals surface area contributed by atoms with Crippen LogP contribution in [0.4, 0.5) is 0 Å². The number of carbonyl (C=O) groups excluding carboxylic acids is 1. The molecule has 18 heavy (non-hydrogen) atoms. The minimum absolute atomic E-state index is 0.215. The van der Waals surface area contributed by atoms with Crippen molar-refractivity contribution in [3.05, 3.63) is 40.8 Å². The normalized spacial score (nSPS) is 10.8. The van der Waals surface area contributed by atoms with E-state index in [1.165, 1.54) is 11.3 Å². The zero-order valence-electron chi connectivity index (χ0n) is 10.3. The zero-order valence-corrected chi connectivity index (χ0v) is 11.1. The van der Waals surface area contributed by atoms with E-state index in [1.807, 2.05) is 26.0 Å². The maximum absolute atomic E-state index is 11.4. The number of hydrogen-bond donors (Lipinski definition) is 2. The van der Waals surface area contributed by atoms with E-state index in [2.05, 4.69) is 0 Å². The Bertz CT molecular complexity index is 587. The molecule has 0 fully saturated rings. The molecule has 3 nitrogen and oxygen atoms in total. The Morgan fingerprint density at radius 1 is 1.33 bits per heavy atom. The number of amides is 1. The summed E-state index contributed by atoms with van der Waals surface area (Å²) in [4.78, 5) is 13.0. The molecular formula is C14H15NO2S. The van der Waals surface area contributed by atoms with Crippen molar-refractivity contribution in [3.63, 3.8) is 0 Å². The van der Waals surface area contributed by atoms with Gasteiger partial charge in [-0.3, -0.25) is 4.79 Å². The molecule has 0 saturated carbocycles. The Hall–Kier alpha value is -1.81. The molecule has 0 saturated heterocycles. The Balaban J connectivity index is 2.53. The molecule has 0 aliphatic carbocycles. The highest BCUT2D eigenvalue weighted by Gasteiger charge is 2.17. The number of primary amides is 1. The number of rotatable bonds is 3. The molecule has 1 aromatic heterocycles. The van der Waals surface area contributed by atoms with Crippen LogP contribution in [0.1, 0.15) is 35.0 Å². The average molecular weight is 261 g/mol. The molecule has 0 atom stereocenters. The van der Waals surface area contributed by atoms with Gasteiger partial charge >= 0.3 is 0 Å². The summed E-state index contributed by atoms with van der Waals surface area (Å²) in [5, 5.41) is 9.48. The molecule has 94 valence electrons. The summed E-state index contributed by atoms with van der Waals surface area (Å²) in [7, 11) is 0. The molecule has 0 bridgehead atoms. The largest absolute Gasteiger partial charge is 0.508 e. The van der Waals surface area contributed by atoms with E-state index >= 15 is 0 Å². The van der Waals surface area contributed by atoms with E-state index in [-0.39, 0.29) is 11.7 Å². The highest BCUT2D eigenvalue weighted by Crippen LogP contribution is 2.35. The van der Waals surface area contributed by atoms with Crippen molar-refractivity contribution in [1.29, 1.82) is 0 Å². The fraction of sp³-hybridized carbons (Fsp3) is 0.214. The second-order valence-corrected chi connectivity index (χ2v) is 5.52. The van der Waals surface area contributed by atoms with Gasteiger partial charge in [0.15, 0.2) is 0 Å². The van der Waals surface area contributed by atoms with Gasteiger partial charge in [-0.25, -0.2) is 0 Å². The maximum atomic E-state index is 11.4. The maximum Gasteiger partial charge on any atom is 0.259 e. The Kier molecular flexibility index (Phi) is 3.39. The Morgan fingerprint density at radius 2 is 2.06 bits per heavy atom. The number of aromatic hydroxyl groups is 1. The van der Waals surface area contributed by atoms with Gasteiger partial charge in [-0.15, -0.1) is 11.3 Å². The quantitative estimate of drug-likeness (QED) is 0.890. The van der Waals surface area contributed by atoms with Crippen LogP contribution < -0.4 is 5.73 Å². The van der Waals surface area contributed by atoms with Gasteiger partial charge in [0.2, 0.25) is 0 Å². The third-order valence-corrected chi connectivity index (χ3v) is 3.95. The van der Waals surface area contributed by atoms with Gasteiger partial charge in [-0.1, -0.05) is 26.0 Å². The van der Waals surface area contributed by atoms with Crippen molar-refractivity contribution >= 4 is 17.2 Å². The van der Waals surface area contributed by atoms with Crippen LogP contribution >= 0.6 is 11.3 Å². The van der Waals surface area contributed by atoms with E-state index in [0.717, 1.165) is 16.0 Å². The lowest BCUT2D eigenvalue weighted by atomic mass is 10.0. The van der Waals surface area contributed by atoms with Crippen LogP contribution in [0.5, 0.6) is 5.75 Å². The molecule has 0 spiro atoms. The number of phenolic OH excluding ortho intramolecular Hbond substituents is 1. The Labute approximate surface area is 110 Å². The number of nitrogens with two attached hydrogens (primary N) is 1. The van der Waals surface area contributed by atoms with Gasteiger partial charge < -0.3 is 10.8 Å². The number of benzene rings is 1. The zero-order chi connectivity index (χ0) is 13.3. The first-order chi connectivity index (χ1) is 8.49. The molecule has 1 amide bonds. The minimum Gasteiger partial charge on any atom is -0.508 e. The number of phenols is 1. The van der Waals surface area contributed by atoms with Crippen LogP contribution in [0.25, 0.3) is 10.4 Å². The molecule has 0 aliphatic rings. The molecule has 1 heterocycles. The second kappa shape index (κ2) is 4.82. The third kappa shape index (κ3) is 2.38. The van der Waals surface area contributed by atoms with Crippen molar-refractivity contribution in [1.82, 2.24) is 0 Å². The summed E-state index contributed by atoms with van der Waals surface area (Å²) < 4.78 is 0. The van der Waals surface area contributed by atoms with Gasteiger partial charge in [-0.2, -0.15) is 0 Å². The van der Waals surface area contributed by atoms with Crippen LogP contribution in [-0.2, 0) is 0 Å².